The SMILES string of the molecule is C=C(C(=O)O)c1ccc(OC)cc1NC(=O)OC(C)(C)C. The third-order valence-corrected chi connectivity index (χ3v) is 2.45. The van der Waals surface area contributed by atoms with Crippen LogP contribution in [0.5, 0.6) is 5.75 Å². The van der Waals surface area contributed by atoms with Crippen molar-refractivity contribution < 1.29 is 24.2 Å². The van der Waals surface area contributed by atoms with E-state index < -0.39 is 17.7 Å². The van der Waals surface area contributed by atoms with Gasteiger partial charge in [0.25, 0.3) is 0 Å². The number of carboxylic acid groups (broad SMARTS) is 1. The fourth-order valence-corrected chi connectivity index (χ4v) is 1.55. The Balaban J connectivity index is 3.10. The zero-order valence-corrected chi connectivity index (χ0v) is 12.5. The van der Waals surface area contributed by atoms with Gasteiger partial charge in [0.2, 0.25) is 0 Å². The first-order valence-electron chi connectivity index (χ1n) is 6.24. The first-order chi connectivity index (χ1) is 9.64. The minimum atomic E-state index is -1.17. The predicted molar refractivity (Wildman–Crippen MR) is 79.5 cm³/mol. The van der Waals surface area contributed by atoms with Crippen molar-refractivity contribution in [3.8, 4) is 5.75 Å². The molecule has 6 nitrogen and oxygen atoms in total. The van der Waals surface area contributed by atoms with E-state index in [0.717, 1.165) is 0 Å². The van der Waals surface area contributed by atoms with E-state index in [2.05, 4.69) is 11.9 Å². The predicted octanol–water partition coefficient (Wildman–Crippen LogP) is 3.14. The fraction of sp³-hybridized carbons (Fsp3) is 0.333. The lowest BCUT2D eigenvalue weighted by molar-refractivity contribution is -0.130. The van der Waals surface area contributed by atoms with Gasteiger partial charge in [0.15, 0.2) is 0 Å². The Morgan fingerprint density at radius 1 is 1.29 bits per heavy atom. The Morgan fingerprint density at radius 2 is 1.90 bits per heavy atom. The summed E-state index contributed by atoms with van der Waals surface area (Å²) in [5.74, 6) is -0.699. The van der Waals surface area contributed by atoms with Crippen molar-refractivity contribution in [2.45, 2.75) is 26.4 Å². The number of methoxy groups -OCH3 is 1. The maximum absolute atomic E-state index is 11.8. The van der Waals surface area contributed by atoms with Crippen LogP contribution in [-0.2, 0) is 9.53 Å². The number of anilines is 1. The Hall–Kier alpha value is -2.50. The fourth-order valence-electron chi connectivity index (χ4n) is 1.55. The van der Waals surface area contributed by atoms with Crippen molar-refractivity contribution in [1.82, 2.24) is 0 Å². The van der Waals surface area contributed by atoms with Gasteiger partial charge in [0.05, 0.1) is 18.4 Å². The molecule has 114 valence electrons. The molecule has 0 aliphatic heterocycles. The number of amides is 1. The minimum absolute atomic E-state index is 0.135. The summed E-state index contributed by atoms with van der Waals surface area (Å²) in [6.07, 6.45) is -0.685. The summed E-state index contributed by atoms with van der Waals surface area (Å²) in [5.41, 5.74) is -0.249. The molecule has 0 aliphatic rings. The largest absolute Gasteiger partial charge is 0.497 e. The molecule has 1 aromatic rings. The molecule has 0 fully saturated rings. The van der Waals surface area contributed by atoms with E-state index >= 15 is 0 Å². The zero-order valence-electron chi connectivity index (χ0n) is 12.5. The number of nitrogens with one attached hydrogen (secondary N) is 1. The molecule has 0 unspecified atom stereocenters. The Morgan fingerprint density at radius 3 is 2.38 bits per heavy atom. The number of carbonyl (C=O) groups excluding carboxylic acids is 1. The van der Waals surface area contributed by atoms with Gasteiger partial charge in [-0.05, 0) is 32.9 Å². The van der Waals surface area contributed by atoms with Gasteiger partial charge in [0.1, 0.15) is 11.4 Å². The highest BCUT2D eigenvalue weighted by atomic mass is 16.6. The summed E-state index contributed by atoms with van der Waals surface area (Å²) in [6.45, 7) is 8.68. The van der Waals surface area contributed by atoms with Gasteiger partial charge in [0, 0.05) is 11.6 Å². The van der Waals surface area contributed by atoms with E-state index in [1.807, 2.05) is 0 Å². The van der Waals surface area contributed by atoms with Crippen molar-refractivity contribution in [2.24, 2.45) is 0 Å². The van der Waals surface area contributed by atoms with Crippen LogP contribution in [0.15, 0.2) is 24.8 Å². The number of benzene rings is 1. The van der Waals surface area contributed by atoms with Gasteiger partial charge >= 0.3 is 12.1 Å². The number of hydrogen-bond acceptors (Lipinski definition) is 4. The number of carboxylic acids is 1. The van der Waals surface area contributed by atoms with Crippen molar-refractivity contribution in [3.05, 3.63) is 30.3 Å². The summed E-state index contributed by atoms with van der Waals surface area (Å²) >= 11 is 0. The van der Waals surface area contributed by atoms with Crippen molar-refractivity contribution in [2.75, 3.05) is 12.4 Å². The summed E-state index contributed by atoms with van der Waals surface area (Å²) in [7, 11) is 1.47. The maximum Gasteiger partial charge on any atom is 0.412 e. The van der Waals surface area contributed by atoms with Crippen LogP contribution >= 0.6 is 0 Å². The van der Waals surface area contributed by atoms with Gasteiger partial charge in [-0.3, -0.25) is 5.32 Å². The molecule has 6 heteroatoms. The molecule has 0 saturated carbocycles. The normalized spacial score (nSPS) is 10.7. The third kappa shape index (κ3) is 4.83. The van der Waals surface area contributed by atoms with Gasteiger partial charge in [-0.2, -0.15) is 0 Å². The Labute approximate surface area is 123 Å². The molecule has 0 aromatic heterocycles. The minimum Gasteiger partial charge on any atom is -0.497 e. The van der Waals surface area contributed by atoms with Crippen molar-refractivity contribution >= 4 is 23.3 Å². The molecule has 0 aliphatic carbocycles. The highest BCUT2D eigenvalue weighted by Crippen LogP contribution is 2.28. The molecule has 1 aromatic carbocycles. The number of hydrogen-bond donors (Lipinski definition) is 2. The van der Waals surface area contributed by atoms with E-state index in [-0.39, 0.29) is 16.8 Å². The quantitative estimate of drug-likeness (QED) is 0.833. The Bertz CT molecular complexity index is 572. The molecule has 0 atom stereocenters. The number of carbonyl (C=O) groups is 2. The molecule has 1 amide bonds. The topological polar surface area (TPSA) is 84.9 Å². The van der Waals surface area contributed by atoms with E-state index in [4.69, 9.17) is 14.6 Å². The smallest absolute Gasteiger partial charge is 0.412 e. The van der Waals surface area contributed by atoms with Crippen LogP contribution in [0.25, 0.3) is 5.57 Å². The first kappa shape index (κ1) is 16.6. The lowest BCUT2D eigenvalue weighted by Gasteiger charge is -2.20. The summed E-state index contributed by atoms with van der Waals surface area (Å²) in [6, 6.07) is 4.61. The summed E-state index contributed by atoms with van der Waals surface area (Å²) < 4.78 is 10.2. The maximum atomic E-state index is 11.8. The second-order valence-electron chi connectivity index (χ2n) is 5.32. The van der Waals surface area contributed by atoms with Crippen LogP contribution in [0.4, 0.5) is 10.5 Å². The van der Waals surface area contributed by atoms with Gasteiger partial charge in [-0.1, -0.05) is 6.58 Å². The van der Waals surface area contributed by atoms with Gasteiger partial charge < -0.3 is 14.6 Å². The van der Waals surface area contributed by atoms with E-state index in [9.17, 15) is 9.59 Å². The second kappa shape index (κ2) is 6.30. The first-order valence-corrected chi connectivity index (χ1v) is 6.24. The second-order valence-corrected chi connectivity index (χ2v) is 5.32. The standard InChI is InChI=1S/C15H19NO5/c1-9(13(17)18)11-7-6-10(20-5)8-12(11)16-14(19)21-15(2,3)4/h6-8H,1H2,2-5H3,(H,16,19)(H,17,18). The molecule has 21 heavy (non-hydrogen) atoms. The molecule has 0 spiro atoms. The van der Waals surface area contributed by atoms with Crippen LogP contribution in [0.1, 0.15) is 26.3 Å². The molecule has 0 bridgehead atoms. The van der Waals surface area contributed by atoms with E-state index in [1.54, 1.807) is 26.8 Å². The average Bonchev–Trinajstić information content (AvgIpc) is 2.35. The molecule has 0 saturated heterocycles. The lowest BCUT2D eigenvalue weighted by Crippen LogP contribution is -2.27. The third-order valence-electron chi connectivity index (χ3n) is 2.45. The number of aliphatic carboxylic acids is 1. The van der Waals surface area contributed by atoms with Crippen LogP contribution in [0.3, 0.4) is 0 Å². The highest BCUT2D eigenvalue weighted by Gasteiger charge is 2.19. The molecule has 0 heterocycles. The molecule has 1 rings (SSSR count). The van der Waals surface area contributed by atoms with Crippen molar-refractivity contribution in [1.29, 1.82) is 0 Å². The van der Waals surface area contributed by atoms with E-state index in [0.29, 0.717) is 5.75 Å². The van der Waals surface area contributed by atoms with Crippen LogP contribution in [0, 0.1) is 0 Å². The van der Waals surface area contributed by atoms with Crippen LogP contribution in [0.2, 0.25) is 0 Å². The highest BCUT2D eigenvalue weighted by molar-refractivity contribution is 6.16. The van der Waals surface area contributed by atoms with Crippen LogP contribution in [-0.4, -0.2) is 29.9 Å². The van der Waals surface area contributed by atoms with E-state index in [1.165, 1.54) is 19.2 Å². The summed E-state index contributed by atoms with van der Waals surface area (Å²) in [5, 5.41) is 11.5. The number of ether oxygens (including phenoxy) is 2. The average molecular weight is 293 g/mol. The lowest BCUT2D eigenvalue weighted by atomic mass is 10.1. The number of rotatable bonds is 4. The molecule has 2 N–H and O–H groups in total. The molecular weight excluding hydrogens is 274 g/mol. The van der Waals surface area contributed by atoms with Gasteiger partial charge in [-0.15, -0.1) is 0 Å². The van der Waals surface area contributed by atoms with Crippen molar-refractivity contribution in [3.63, 3.8) is 0 Å². The zero-order chi connectivity index (χ0) is 16.2. The molecule has 0 radical (unpaired) electrons. The summed E-state index contributed by atoms with van der Waals surface area (Å²) in [4.78, 5) is 22.9. The Kier molecular flexibility index (Phi) is 4.97. The monoisotopic (exact) mass is 293 g/mol. The molecular formula is C15H19NO5. The van der Waals surface area contributed by atoms with Gasteiger partial charge in [-0.25, -0.2) is 9.59 Å². The van der Waals surface area contributed by atoms with Crippen LogP contribution < -0.4 is 10.1 Å².